The fraction of sp³-hybridized carbons (Fsp3) is 0.812. The van der Waals surface area contributed by atoms with Crippen LogP contribution in [0.4, 0.5) is 4.79 Å². The number of ether oxygens (including phenoxy) is 1. The van der Waals surface area contributed by atoms with Crippen molar-refractivity contribution in [1.29, 1.82) is 0 Å². The van der Waals surface area contributed by atoms with E-state index in [0.29, 0.717) is 38.9 Å². The first kappa shape index (κ1) is 17.6. The smallest absolute Gasteiger partial charge is 0.410 e. The van der Waals surface area contributed by atoms with Crippen molar-refractivity contribution in [2.75, 3.05) is 19.6 Å². The van der Waals surface area contributed by atoms with Crippen LogP contribution >= 0.6 is 0 Å². The van der Waals surface area contributed by atoms with E-state index in [1.807, 2.05) is 0 Å². The molecule has 1 N–H and O–H groups in total. The minimum atomic E-state index is -0.948. The molecule has 0 spiro atoms. The van der Waals surface area contributed by atoms with Gasteiger partial charge >= 0.3 is 12.1 Å². The van der Waals surface area contributed by atoms with Crippen molar-refractivity contribution in [2.24, 2.45) is 5.92 Å². The second-order valence-electron chi connectivity index (χ2n) is 7.29. The Balaban J connectivity index is 1.99. The molecule has 0 bridgehead atoms. The number of carbonyl (C=O) groups excluding carboxylic acids is 2. The number of amides is 2. The summed E-state index contributed by atoms with van der Waals surface area (Å²) in [5.41, 5.74) is -0.572. The third-order valence-corrected chi connectivity index (χ3v) is 4.24. The predicted octanol–water partition coefficient (Wildman–Crippen LogP) is 1.71. The van der Waals surface area contributed by atoms with E-state index in [1.165, 1.54) is 4.90 Å². The van der Waals surface area contributed by atoms with Gasteiger partial charge in [0.25, 0.3) is 0 Å². The maximum Gasteiger partial charge on any atom is 0.410 e. The Hall–Kier alpha value is -1.79. The van der Waals surface area contributed by atoms with Crippen LogP contribution in [0.25, 0.3) is 0 Å². The minimum Gasteiger partial charge on any atom is -0.480 e. The van der Waals surface area contributed by atoms with E-state index in [1.54, 1.807) is 25.7 Å². The van der Waals surface area contributed by atoms with Crippen LogP contribution in [0.15, 0.2) is 0 Å². The highest BCUT2D eigenvalue weighted by atomic mass is 16.6. The molecule has 7 nitrogen and oxygen atoms in total. The van der Waals surface area contributed by atoms with Gasteiger partial charge in [0.1, 0.15) is 11.6 Å². The molecule has 23 heavy (non-hydrogen) atoms. The Morgan fingerprint density at radius 3 is 2.35 bits per heavy atom. The molecule has 0 aromatic carbocycles. The first-order chi connectivity index (χ1) is 10.7. The summed E-state index contributed by atoms with van der Waals surface area (Å²) in [6, 6.07) is -0.723. The van der Waals surface area contributed by atoms with E-state index in [-0.39, 0.29) is 11.8 Å². The third kappa shape index (κ3) is 4.36. The number of likely N-dealkylation sites (tertiary alicyclic amines) is 2. The van der Waals surface area contributed by atoms with Gasteiger partial charge in [-0.2, -0.15) is 0 Å². The highest BCUT2D eigenvalue weighted by Gasteiger charge is 2.39. The van der Waals surface area contributed by atoms with Crippen LogP contribution in [0, 0.1) is 5.92 Å². The zero-order valence-corrected chi connectivity index (χ0v) is 14.1. The van der Waals surface area contributed by atoms with Gasteiger partial charge in [-0.3, -0.25) is 4.79 Å². The molecule has 0 radical (unpaired) electrons. The molecule has 2 saturated heterocycles. The normalized spacial score (nSPS) is 25.3. The van der Waals surface area contributed by atoms with Gasteiger partial charge < -0.3 is 19.6 Å². The number of nitrogens with zero attached hydrogens (tertiary/aromatic N) is 2. The van der Waals surface area contributed by atoms with Crippen LogP contribution in [-0.4, -0.2) is 64.2 Å². The molecular formula is C16H26N2O5. The number of carboxylic acid groups (broad SMARTS) is 1. The maximum atomic E-state index is 12.7. The summed E-state index contributed by atoms with van der Waals surface area (Å²) in [6.45, 7) is 6.77. The molecule has 2 fully saturated rings. The summed E-state index contributed by atoms with van der Waals surface area (Å²) in [5.74, 6) is -1.44. The topological polar surface area (TPSA) is 87.2 Å². The van der Waals surface area contributed by atoms with E-state index >= 15 is 0 Å². The van der Waals surface area contributed by atoms with Gasteiger partial charge in [-0.15, -0.1) is 0 Å². The molecule has 0 aromatic heterocycles. The number of carbonyl (C=O) groups is 3. The van der Waals surface area contributed by atoms with Crippen LogP contribution in [0.3, 0.4) is 0 Å². The Bertz CT molecular complexity index is 485. The molecule has 0 aliphatic carbocycles. The van der Waals surface area contributed by atoms with E-state index in [2.05, 4.69) is 0 Å². The number of hydrogen-bond acceptors (Lipinski definition) is 4. The van der Waals surface area contributed by atoms with Crippen LogP contribution in [-0.2, 0) is 14.3 Å². The average molecular weight is 326 g/mol. The lowest BCUT2D eigenvalue weighted by Gasteiger charge is -2.35. The van der Waals surface area contributed by atoms with Gasteiger partial charge in [0.2, 0.25) is 5.91 Å². The highest BCUT2D eigenvalue weighted by molar-refractivity contribution is 5.86. The van der Waals surface area contributed by atoms with Crippen LogP contribution in [0.1, 0.15) is 46.5 Å². The molecule has 2 heterocycles. The Labute approximate surface area is 136 Å². The highest BCUT2D eigenvalue weighted by Crippen LogP contribution is 2.25. The van der Waals surface area contributed by atoms with Crippen LogP contribution in [0.5, 0.6) is 0 Å². The third-order valence-electron chi connectivity index (χ3n) is 4.24. The fourth-order valence-corrected chi connectivity index (χ4v) is 3.19. The zero-order valence-electron chi connectivity index (χ0n) is 14.1. The molecule has 2 aliphatic rings. The molecule has 2 amide bonds. The lowest BCUT2D eigenvalue weighted by Crippen LogP contribution is -2.50. The summed E-state index contributed by atoms with van der Waals surface area (Å²) >= 11 is 0. The number of rotatable bonds is 2. The summed E-state index contributed by atoms with van der Waals surface area (Å²) in [6.07, 6.45) is 2.21. The first-order valence-electron chi connectivity index (χ1n) is 8.20. The molecular weight excluding hydrogens is 300 g/mol. The van der Waals surface area contributed by atoms with Gasteiger partial charge in [0.15, 0.2) is 0 Å². The average Bonchev–Trinajstić information content (AvgIpc) is 2.94. The SMILES string of the molecule is CC(C)(C)OC(=O)N1CCCC(C(=O)N2CCCC2C(=O)O)C1. The van der Waals surface area contributed by atoms with Crippen molar-refractivity contribution >= 4 is 18.0 Å². The van der Waals surface area contributed by atoms with E-state index < -0.39 is 23.7 Å². The van der Waals surface area contributed by atoms with Crippen LogP contribution < -0.4 is 0 Å². The summed E-state index contributed by atoms with van der Waals surface area (Å²) in [5, 5.41) is 9.22. The second-order valence-corrected chi connectivity index (χ2v) is 7.29. The minimum absolute atomic E-state index is 0.150. The van der Waals surface area contributed by atoms with E-state index in [9.17, 15) is 19.5 Å². The molecule has 2 rings (SSSR count). The van der Waals surface area contributed by atoms with Gasteiger partial charge in [-0.1, -0.05) is 0 Å². The molecule has 2 unspecified atom stereocenters. The Morgan fingerprint density at radius 2 is 1.74 bits per heavy atom. The van der Waals surface area contributed by atoms with Crippen LogP contribution in [0.2, 0.25) is 0 Å². The summed E-state index contributed by atoms with van der Waals surface area (Å²) in [4.78, 5) is 39.1. The molecule has 0 aromatic rings. The largest absolute Gasteiger partial charge is 0.480 e. The fourth-order valence-electron chi connectivity index (χ4n) is 3.19. The number of aliphatic carboxylic acids is 1. The van der Waals surface area contributed by atoms with Gasteiger partial charge in [-0.05, 0) is 46.5 Å². The summed E-state index contributed by atoms with van der Waals surface area (Å²) < 4.78 is 5.36. The van der Waals surface area contributed by atoms with Crippen molar-refractivity contribution in [3.05, 3.63) is 0 Å². The quantitative estimate of drug-likeness (QED) is 0.834. The Kier molecular flexibility index (Phi) is 5.16. The lowest BCUT2D eigenvalue weighted by molar-refractivity contribution is -0.150. The monoisotopic (exact) mass is 326 g/mol. The number of piperidine rings is 1. The van der Waals surface area contributed by atoms with Gasteiger partial charge in [0.05, 0.1) is 5.92 Å². The van der Waals surface area contributed by atoms with Gasteiger partial charge in [0, 0.05) is 19.6 Å². The zero-order chi connectivity index (χ0) is 17.2. The Morgan fingerprint density at radius 1 is 1.09 bits per heavy atom. The van der Waals surface area contributed by atoms with Crippen molar-refractivity contribution in [3.8, 4) is 0 Å². The van der Waals surface area contributed by atoms with E-state index in [4.69, 9.17) is 4.74 Å². The van der Waals surface area contributed by atoms with Crippen molar-refractivity contribution in [3.63, 3.8) is 0 Å². The van der Waals surface area contributed by atoms with Crippen molar-refractivity contribution in [2.45, 2.75) is 58.1 Å². The first-order valence-corrected chi connectivity index (χ1v) is 8.20. The lowest BCUT2D eigenvalue weighted by atomic mass is 9.96. The van der Waals surface area contributed by atoms with Crippen molar-refractivity contribution in [1.82, 2.24) is 9.80 Å². The molecule has 0 saturated carbocycles. The molecule has 2 atom stereocenters. The number of hydrogen-bond donors (Lipinski definition) is 1. The van der Waals surface area contributed by atoms with Gasteiger partial charge in [-0.25, -0.2) is 9.59 Å². The maximum absolute atomic E-state index is 12.7. The molecule has 2 aliphatic heterocycles. The molecule has 7 heteroatoms. The standard InChI is InChI=1S/C16H26N2O5/c1-16(2,3)23-15(22)17-8-4-6-11(10-17)13(19)18-9-5-7-12(18)14(20)21/h11-12H,4-10H2,1-3H3,(H,20,21). The summed E-state index contributed by atoms with van der Waals surface area (Å²) in [7, 11) is 0. The van der Waals surface area contributed by atoms with E-state index in [0.717, 1.165) is 6.42 Å². The number of carboxylic acids is 1. The molecule has 130 valence electrons. The van der Waals surface area contributed by atoms with Crippen molar-refractivity contribution < 1.29 is 24.2 Å². The second kappa shape index (κ2) is 6.76. The predicted molar refractivity (Wildman–Crippen MR) is 82.9 cm³/mol.